The zero-order valence-electron chi connectivity index (χ0n) is 14.8. The summed E-state index contributed by atoms with van der Waals surface area (Å²) in [4.78, 5) is 14.8. The van der Waals surface area contributed by atoms with Gasteiger partial charge in [0.05, 0.1) is 18.3 Å². The maximum atomic E-state index is 13.0. The highest BCUT2D eigenvalue weighted by Crippen LogP contribution is 2.41. The Morgan fingerprint density at radius 2 is 1.84 bits per heavy atom. The minimum atomic E-state index is -0.472. The fourth-order valence-corrected chi connectivity index (χ4v) is 3.35. The van der Waals surface area contributed by atoms with Gasteiger partial charge in [-0.3, -0.25) is 4.90 Å². The molecule has 1 aliphatic heterocycles. The zero-order valence-corrected chi connectivity index (χ0v) is 15.5. The molecule has 0 saturated heterocycles. The van der Waals surface area contributed by atoms with Crippen LogP contribution in [-0.2, 0) is 0 Å². The molecule has 0 bridgehead atoms. The number of anilines is 2. The van der Waals surface area contributed by atoms with Crippen molar-refractivity contribution in [3.05, 3.63) is 59.1 Å². The van der Waals surface area contributed by atoms with Crippen molar-refractivity contribution < 1.29 is 9.53 Å². The van der Waals surface area contributed by atoms with E-state index in [4.69, 9.17) is 16.3 Å². The molecule has 0 fully saturated rings. The number of nitrogens with one attached hydrogen (secondary N) is 1. The number of hydrogen-bond donors (Lipinski definition) is 1. The monoisotopic (exact) mass is 356 g/mol. The first-order valence-electron chi connectivity index (χ1n) is 8.06. The Kier molecular flexibility index (Phi) is 4.48. The number of amides is 2. The van der Waals surface area contributed by atoms with Crippen LogP contribution in [0.4, 0.5) is 16.2 Å². The van der Waals surface area contributed by atoms with Crippen LogP contribution >= 0.6 is 11.6 Å². The van der Waals surface area contributed by atoms with E-state index in [0.717, 1.165) is 16.8 Å². The van der Waals surface area contributed by atoms with Crippen LogP contribution in [0.2, 0.25) is 5.02 Å². The Morgan fingerprint density at radius 3 is 2.48 bits per heavy atom. The molecule has 5 heteroatoms. The molecule has 0 unspecified atom stereocenters. The van der Waals surface area contributed by atoms with Gasteiger partial charge in [0.25, 0.3) is 0 Å². The summed E-state index contributed by atoms with van der Waals surface area (Å²) in [5.41, 5.74) is 3.21. The summed E-state index contributed by atoms with van der Waals surface area (Å²) in [5, 5.41) is 3.58. The van der Waals surface area contributed by atoms with Crippen molar-refractivity contribution in [2.24, 2.45) is 0 Å². The van der Waals surface area contributed by atoms with Crippen molar-refractivity contribution in [3.8, 4) is 5.75 Å². The molecule has 2 aromatic carbocycles. The van der Waals surface area contributed by atoms with E-state index >= 15 is 0 Å². The molecule has 0 saturated carbocycles. The summed E-state index contributed by atoms with van der Waals surface area (Å²) in [6.07, 6.45) is 2.10. The second-order valence-electron chi connectivity index (χ2n) is 6.64. The fraction of sp³-hybridized carbons (Fsp3) is 0.250. The fourth-order valence-electron chi connectivity index (χ4n) is 3.22. The Hall–Kier alpha value is -2.46. The van der Waals surface area contributed by atoms with Crippen molar-refractivity contribution in [2.45, 2.75) is 26.3 Å². The van der Waals surface area contributed by atoms with Crippen molar-refractivity contribution in [2.75, 3.05) is 17.3 Å². The molecule has 130 valence electrons. The number of fused-ring (bicyclic) bond motifs is 1. The van der Waals surface area contributed by atoms with Crippen LogP contribution in [0.5, 0.6) is 5.75 Å². The van der Waals surface area contributed by atoms with Crippen molar-refractivity contribution in [3.63, 3.8) is 0 Å². The van der Waals surface area contributed by atoms with Gasteiger partial charge in [-0.1, -0.05) is 17.7 Å². The predicted molar refractivity (Wildman–Crippen MR) is 104 cm³/mol. The van der Waals surface area contributed by atoms with Crippen LogP contribution in [0.15, 0.2) is 48.5 Å². The van der Waals surface area contributed by atoms with Gasteiger partial charge in [-0.15, -0.1) is 0 Å². The number of carbonyl (C=O) groups excluding carboxylic acids is 1. The largest absolute Gasteiger partial charge is 0.497 e. The molecular formula is C20H21ClN2O2. The van der Waals surface area contributed by atoms with Crippen molar-refractivity contribution in [1.29, 1.82) is 0 Å². The highest BCUT2D eigenvalue weighted by Gasteiger charge is 2.36. The minimum absolute atomic E-state index is 0.203. The predicted octanol–water partition coefficient (Wildman–Crippen LogP) is 5.58. The number of ether oxygens (including phenoxy) is 1. The molecule has 1 heterocycles. The maximum Gasteiger partial charge on any atom is 0.327 e. The first-order valence-corrected chi connectivity index (χ1v) is 8.44. The maximum absolute atomic E-state index is 13.0. The van der Waals surface area contributed by atoms with E-state index in [2.05, 4.69) is 18.3 Å². The van der Waals surface area contributed by atoms with Crippen LogP contribution in [0.1, 0.15) is 26.3 Å². The van der Waals surface area contributed by atoms with Gasteiger partial charge >= 0.3 is 6.03 Å². The number of hydrogen-bond acceptors (Lipinski definition) is 2. The lowest BCUT2D eigenvalue weighted by Crippen LogP contribution is -2.50. The standard InChI is InChI=1S/C20H21ClN2O2/c1-13-12-20(2,3)23(18-11-16(25-4)9-10-17(13)18)19(24)22-15-7-5-14(21)6-8-15/h5-12H,1-4H3,(H,22,24). The summed E-state index contributed by atoms with van der Waals surface area (Å²) >= 11 is 5.91. The summed E-state index contributed by atoms with van der Waals surface area (Å²) in [7, 11) is 1.62. The van der Waals surface area contributed by atoms with E-state index in [0.29, 0.717) is 16.5 Å². The summed E-state index contributed by atoms with van der Waals surface area (Å²) in [5.74, 6) is 0.716. The Balaban J connectivity index is 2.01. The zero-order chi connectivity index (χ0) is 18.2. The second kappa shape index (κ2) is 6.45. The molecule has 0 atom stereocenters. The summed E-state index contributed by atoms with van der Waals surface area (Å²) in [6, 6.07) is 12.6. The molecule has 1 N–H and O–H groups in total. The van der Waals surface area contributed by atoms with E-state index in [-0.39, 0.29) is 6.03 Å². The molecule has 0 aliphatic carbocycles. The Bertz CT molecular complexity index is 841. The van der Waals surface area contributed by atoms with Crippen LogP contribution in [0.25, 0.3) is 5.57 Å². The van der Waals surface area contributed by atoms with E-state index in [1.54, 1.807) is 36.3 Å². The molecular weight excluding hydrogens is 336 g/mol. The quantitative estimate of drug-likeness (QED) is 0.762. The third-order valence-corrected chi connectivity index (χ3v) is 4.57. The van der Waals surface area contributed by atoms with Gasteiger partial charge in [-0.25, -0.2) is 4.79 Å². The first kappa shape index (κ1) is 17.4. The van der Waals surface area contributed by atoms with Gasteiger partial charge in [0.1, 0.15) is 5.75 Å². The number of methoxy groups -OCH3 is 1. The smallest absolute Gasteiger partial charge is 0.327 e. The number of carbonyl (C=O) groups is 1. The first-order chi connectivity index (χ1) is 11.8. The minimum Gasteiger partial charge on any atom is -0.497 e. The summed E-state index contributed by atoms with van der Waals surface area (Å²) in [6.45, 7) is 6.09. The Labute approximate surface area is 153 Å². The highest BCUT2D eigenvalue weighted by atomic mass is 35.5. The number of urea groups is 1. The van der Waals surface area contributed by atoms with Crippen LogP contribution in [-0.4, -0.2) is 18.7 Å². The van der Waals surface area contributed by atoms with Gasteiger partial charge in [0.15, 0.2) is 0 Å². The van der Waals surface area contributed by atoms with Crippen molar-refractivity contribution >= 4 is 34.6 Å². The average molecular weight is 357 g/mol. The van der Waals surface area contributed by atoms with Crippen LogP contribution in [0.3, 0.4) is 0 Å². The molecule has 25 heavy (non-hydrogen) atoms. The van der Waals surface area contributed by atoms with Gasteiger partial charge in [0.2, 0.25) is 0 Å². The third-order valence-electron chi connectivity index (χ3n) is 4.32. The second-order valence-corrected chi connectivity index (χ2v) is 7.07. The summed E-state index contributed by atoms with van der Waals surface area (Å²) < 4.78 is 5.35. The molecule has 0 aromatic heterocycles. The molecule has 1 aliphatic rings. The lowest BCUT2D eigenvalue weighted by Gasteiger charge is -2.41. The average Bonchev–Trinajstić information content (AvgIpc) is 2.55. The molecule has 4 nitrogen and oxygen atoms in total. The number of allylic oxidation sites excluding steroid dienone is 1. The SMILES string of the molecule is COc1ccc2c(c1)N(C(=O)Nc1ccc(Cl)cc1)C(C)(C)C=C2C. The van der Waals surface area contributed by atoms with Crippen LogP contribution in [0, 0.1) is 0 Å². The molecule has 2 aromatic rings. The highest BCUT2D eigenvalue weighted by molar-refractivity contribution is 6.30. The van der Waals surface area contributed by atoms with E-state index in [1.165, 1.54) is 0 Å². The van der Waals surface area contributed by atoms with Crippen molar-refractivity contribution in [1.82, 2.24) is 0 Å². The van der Waals surface area contributed by atoms with Gasteiger partial charge in [-0.05, 0) is 62.7 Å². The van der Waals surface area contributed by atoms with Gasteiger partial charge in [0, 0.05) is 22.3 Å². The molecule has 3 rings (SSSR count). The Morgan fingerprint density at radius 1 is 1.16 bits per heavy atom. The topological polar surface area (TPSA) is 41.6 Å². The van der Waals surface area contributed by atoms with E-state index in [1.807, 2.05) is 32.0 Å². The number of nitrogens with zero attached hydrogens (tertiary/aromatic N) is 1. The molecule has 0 radical (unpaired) electrons. The van der Waals surface area contributed by atoms with Crippen LogP contribution < -0.4 is 15.0 Å². The lowest BCUT2D eigenvalue weighted by molar-refractivity contribution is 0.253. The van der Waals surface area contributed by atoms with Gasteiger partial charge < -0.3 is 10.1 Å². The molecule has 2 amide bonds. The molecule has 0 spiro atoms. The van der Waals surface area contributed by atoms with Gasteiger partial charge in [-0.2, -0.15) is 0 Å². The normalized spacial score (nSPS) is 15.2. The number of halogens is 1. The number of benzene rings is 2. The van der Waals surface area contributed by atoms with E-state index in [9.17, 15) is 4.79 Å². The van der Waals surface area contributed by atoms with E-state index < -0.39 is 5.54 Å². The lowest BCUT2D eigenvalue weighted by atomic mass is 9.89. The number of rotatable bonds is 2. The third kappa shape index (κ3) is 3.35.